The molecule has 0 amide bonds. The molecule has 1 aromatic heterocycles. The molecule has 0 aliphatic carbocycles. The van der Waals surface area contributed by atoms with Gasteiger partial charge in [-0.2, -0.15) is 11.8 Å². The summed E-state index contributed by atoms with van der Waals surface area (Å²) in [7, 11) is 0. The second kappa shape index (κ2) is 3.83. The molecular weight excluding hydrogens is 208 g/mol. The first kappa shape index (κ1) is 9.73. The molecule has 1 aromatic rings. The predicted molar refractivity (Wildman–Crippen MR) is 61.1 cm³/mol. The summed E-state index contributed by atoms with van der Waals surface area (Å²) in [6.07, 6.45) is 5.65. The largest absolute Gasteiger partial charge is 0.360 e. The minimum atomic E-state index is 0.244. The number of nitrogens with zero attached hydrogens (tertiary/aromatic N) is 1. The van der Waals surface area contributed by atoms with Crippen LogP contribution in [0.2, 0.25) is 0 Å². The van der Waals surface area contributed by atoms with E-state index in [1.807, 2.05) is 6.20 Å². The normalized spacial score (nSPS) is 31.2. The molecular formula is C11H16N2OS. The highest BCUT2D eigenvalue weighted by Gasteiger charge is 2.40. The highest BCUT2D eigenvalue weighted by Crippen LogP contribution is 2.40. The number of rotatable bonds is 0. The van der Waals surface area contributed by atoms with Gasteiger partial charge in [-0.3, -0.25) is 0 Å². The lowest BCUT2D eigenvalue weighted by Gasteiger charge is -2.34. The molecule has 82 valence electrons. The fraction of sp³-hybridized carbons (Fsp3) is 0.727. The molecule has 0 aromatic carbocycles. The van der Waals surface area contributed by atoms with Crippen molar-refractivity contribution in [2.75, 3.05) is 18.1 Å². The van der Waals surface area contributed by atoms with E-state index in [-0.39, 0.29) is 5.41 Å². The molecule has 3 rings (SSSR count). The third-order valence-corrected chi connectivity index (χ3v) is 4.64. The summed E-state index contributed by atoms with van der Waals surface area (Å²) < 4.78 is 5.51. The van der Waals surface area contributed by atoms with Crippen LogP contribution in [-0.4, -0.2) is 23.2 Å². The Kier molecular flexibility index (Phi) is 2.48. The summed E-state index contributed by atoms with van der Waals surface area (Å²) in [5.74, 6) is 3.72. The maximum absolute atomic E-state index is 5.51. The smallest absolute Gasteiger partial charge is 0.148 e. The lowest BCUT2D eigenvalue weighted by molar-refractivity contribution is 0.242. The van der Waals surface area contributed by atoms with Crippen molar-refractivity contribution < 1.29 is 4.52 Å². The van der Waals surface area contributed by atoms with Gasteiger partial charge < -0.3 is 9.84 Å². The molecule has 1 N–H and O–H groups in total. The van der Waals surface area contributed by atoms with Crippen LogP contribution in [0.5, 0.6) is 0 Å². The van der Waals surface area contributed by atoms with Crippen LogP contribution in [-0.2, 0) is 12.0 Å². The third kappa shape index (κ3) is 1.60. The minimum absolute atomic E-state index is 0.244. The van der Waals surface area contributed by atoms with Crippen molar-refractivity contribution >= 4 is 11.8 Å². The van der Waals surface area contributed by atoms with Gasteiger partial charge in [-0.15, -0.1) is 0 Å². The van der Waals surface area contributed by atoms with Crippen LogP contribution in [0.15, 0.2) is 10.7 Å². The fourth-order valence-corrected chi connectivity index (χ4v) is 3.84. The molecule has 4 heteroatoms. The number of hydrogen-bond donors (Lipinski definition) is 1. The van der Waals surface area contributed by atoms with E-state index in [4.69, 9.17) is 4.52 Å². The summed E-state index contributed by atoms with van der Waals surface area (Å²) in [4.78, 5) is 0. The summed E-state index contributed by atoms with van der Waals surface area (Å²) in [5.41, 5.74) is 1.52. The van der Waals surface area contributed by atoms with E-state index in [0.717, 1.165) is 13.1 Å². The number of fused-ring (bicyclic) bond motifs is 2. The van der Waals surface area contributed by atoms with E-state index in [0.29, 0.717) is 0 Å². The van der Waals surface area contributed by atoms with Crippen LogP contribution >= 0.6 is 11.8 Å². The number of aromatic nitrogens is 1. The van der Waals surface area contributed by atoms with Crippen molar-refractivity contribution in [2.45, 2.75) is 31.2 Å². The molecule has 1 saturated heterocycles. The van der Waals surface area contributed by atoms with Crippen LogP contribution in [0.1, 0.15) is 30.6 Å². The highest BCUT2D eigenvalue weighted by atomic mass is 32.2. The van der Waals surface area contributed by atoms with Crippen molar-refractivity contribution in [3.05, 3.63) is 17.5 Å². The van der Waals surface area contributed by atoms with Gasteiger partial charge in [0, 0.05) is 24.1 Å². The van der Waals surface area contributed by atoms with Gasteiger partial charge in [-0.05, 0) is 30.8 Å². The first-order valence-corrected chi connectivity index (χ1v) is 6.79. The standard InChI is InChI=1S/C11H16N2OS/c1-2-11(3-5-15-4-1)8-12-6-9-7-13-14-10(9)11/h7,12H,1-6,8H2. The first-order chi connectivity index (χ1) is 7.41. The second-order valence-electron chi connectivity index (χ2n) is 4.53. The van der Waals surface area contributed by atoms with Gasteiger partial charge in [0.1, 0.15) is 5.76 Å². The number of hydrogen-bond acceptors (Lipinski definition) is 4. The Balaban J connectivity index is 1.98. The van der Waals surface area contributed by atoms with E-state index >= 15 is 0 Å². The maximum Gasteiger partial charge on any atom is 0.148 e. The first-order valence-electron chi connectivity index (χ1n) is 5.63. The molecule has 3 heterocycles. The summed E-state index contributed by atoms with van der Waals surface area (Å²) in [5, 5.41) is 7.47. The molecule has 2 aliphatic rings. The molecule has 15 heavy (non-hydrogen) atoms. The van der Waals surface area contributed by atoms with E-state index in [1.54, 1.807) is 0 Å². The fourth-order valence-electron chi connectivity index (χ4n) is 2.75. The Morgan fingerprint density at radius 3 is 3.40 bits per heavy atom. The van der Waals surface area contributed by atoms with E-state index < -0.39 is 0 Å². The Morgan fingerprint density at radius 2 is 2.40 bits per heavy atom. The topological polar surface area (TPSA) is 38.1 Å². The zero-order chi connectivity index (χ0) is 10.1. The lowest BCUT2D eigenvalue weighted by atomic mass is 9.75. The molecule has 3 nitrogen and oxygen atoms in total. The third-order valence-electron chi connectivity index (χ3n) is 3.57. The molecule has 0 bridgehead atoms. The van der Waals surface area contributed by atoms with Crippen molar-refractivity contribution in [1.29, 1.82) is 0 Å². The molecule has 1 unspecified atom stereocenters. The van der Waals surface area contributed by atoms with Crippen molar-refractivity contribution in [3.8, 4) is 0 Å². The molecule has 1 fully saturated rings. The van der Waals surface area contributed by atoms with Crippen LogP contribution in [0.4, 0.5) is 0 Å². The van der Waals surface area contributed by atoms with E-state index in [9.17, 15) is 0 Å². The second-order valence-corrected chi connectivity index (χ2v) is 5.75. The van der Waals surface area contributed by atoms with Gasteiger partial charge in [0.2, 0.25) is 0 Å². The van der Waals surface area contributed by atoms with Crippen molar-refractivity contribution in [1.82, 2.24) is 10.5 Å². The monoisotopic (exact) mass is 224 g/mol. The molecule has 0 radical (unpaired) electrons. The van der Waals surface area contributed by atoms with Crippen LogP contribution in [0.3, 0.4) is 0 Å². The zero-order valence-corrected chi connectivity index (χ0v) is 9.61. The lowest BCUT2D eigenvalue weighted by Crippen LogP contribution is -2.42. The van der Waals surface area contributed by atoms with Gasteiger partial charge in [0.25, 0.3) is 0 Å². The van der Waals surface area contributed by atoms with Crippen molar-refractivity contribution in [2.24, 2.45) is 0 Å². The molecule has 1 atom stereocenters. The van der Waals surface area contributed by atoms with Crippen LogP contribution in [0.25, 0.3) is 0 Å². The highest BCUT2D eigenvalue weighted by molar-refractivity contribution is 7.99. The quantitative estimate of drug-likeness (QED) is 0.731. The predicted octanol–water partition coefficient (Wildman–Crippen LogP) is 1.93. The minimum Gasteiger partial charge on any atom is -0.360 e. The average molecular weight is 224 g/mol. The number of thioether (sulfide) groups is 1. The Labute approximate surface area is 94.0 Å². The SMILES string of the molecule is c1noc2c1CNCC21CCCSCC1. The number of nitrogens with one attached hydrogen (secondary N) is 1. The van der Waals surface area contributed by atoms with Gasteiger partial charge >= 0.3 is 0 Å². The van der Waals surface area contributed by atoms with E-state index in [2.05, 4.69) is 22.2 Å². The maximum atomic E-state index is 5.51. The average Bonchev–Trinajstić information content (AvgIpc) is 2.62. The van der Waals surface area contributed by atoms with Gasteiger partial charge in [-0.25, -0.2) is 0 Å². The Hall–Kier alpha value is -0.480. The molecule has 1 spiro atoms. The molecule has 2 aliphatic heterocycles. The summed E-state index contributed by atoms with van der Waals surface area (Å²) in [6, 6.07) is 0. The Bertz CT molecular complexity index is 342. The van der Waals surface area contributed by atoms with Crippen LogP contribution in [0, 0.1) is 0 Å². The van der Waals surface area contributed by atoms with E-state index in [1.165, 1.54) is 42.1 Å². The van der Waals surface area contributed by atoms with Crippen LogP contribution < -0.4 is 5.32 Å². The van der Waals surface area contributed by atoms with Crippen molar-refractivity contribution in [3.63, 3.8) is 0 Å². The molecule has 0 saturated carbocycles. The summed E-state index contributed by atoms with van der Waals surface area (Å²) >= 11 is 2.07. The summed E-state index contributed by atoms with van der Waals surface area (Å²) in [6.45, 7) is 1.99. The van der Waals surface area contributed by atoms with Gasteiger partial charge in [0.05, 0.1) is 6.20 Å². The Morgan fingerprint density at radius 1 is 1.40 bits per heavy atom. The zero-order valence-electron chi connectivity index (χ0n) is 8.79. The van der Waals surface area contributed by atoms with Gasteiger partial charge in [0.15, 0.2) is 0 Å². The van der Waals surface area contributed by atoms with Gasteiger partial charge in [-0.1, -0.05) is 5.16 Å².